The second-order valence-electron chi connectivity index (χ2n) is 7.24. The summed E-state index contributed by atoms with van der Waals surface area (Å²) in [6.45, 7) is 9.29. The van der Waals surface area contributed by atoms with Crippen molar-refractivity contribution in [1.82, 2.24) is 4.98 Å². The van der Waals surface area contributed by atoms with E-state index >= 15 is 0 Å². The van der Waals surface area contributed by atoms with E-state index in [-0.39, 0.29) is 0 Å². The molecule has 6 nitrogen and oxygen atoms in total. The summed E-state index contributed by atoms with van der Waals surface area (Å²) >= 11 is 0. The summed E-state index contributed by atoms with van der Waals surface area (Å²) < 4.78 is 16.1. The summed E-state index contributed by atoms with van der Waals surface area (Å²) in [6.07, 6.45) is 3.38. The number of rotatable bonds is 7. The quantitative estimate of drug-likeness (QED) is 0.295. The standard InChI is InChI=1S/C27H23N3O3/c1-19-18-29-27(33-19)26(28-2)17-20-5-7-21(8-6-20)30(22-9-13-24(31-3)14-10-22)23-11-15-25(32-4)16-12-23/h5-18H,1,3-4H3. The molecule has 0 N–H and O–H groups in total. The highest BCUT2D eigenvalue weighted by Gasteiger charge is 2.13. The molecule has 0 saturated heterocycles. The normalized spacial score (nSPS) is 11.0. The first-order chi connectivity index (χ1) is 16.1. The lowest BCUT2D eigenvalue weighted by atomic mass is 10.1. The molecule has 0 aliphatic carbocycles. The van der Waals surface area contributed by atoms with Crippen LogP contribution in [0.4, 0.5) is 17.1 Å². The van der Waals surface area contributed by atoms with Crippen molar-refractivity contribution < 1.29 is 13.9 Å². The maximum absolute atomic E-state index is 7.49. The molecule has 6 heteroatoms. The van der Waals surface area contributed by atoms with E-state index in [1.807, 2.05) is 72.8 Å². The zero-order valence-corrected chi connectivity index (χ0v) is 18.6. The molecular weight excluding hydrogens is 414 g/mol. The summed E-state index contributed by atoms with van der Waals surface area (Å²) in [6, 6.07) is 23.8. The molecular formula is C27H23N3O3. The van der Waals surface area contributed by atoms with Gasteiger partial charge in [0.15, 0.2) is 0 Å². The SMILES string of the molecule is [C-]#[N+]C(=Cc1ccc(N(c2ccc(OC)cc2)c2ccc(OC)cc2)cc1)c1ncc(C)o1. The van der Waals surface area contributed by atoms with Crippen molar-refractivity contribution in [2.24, 2.45) is 0 Å². The second-order valence-corrected chi connectivity index (χ2v) is 7.24. The Hall–Kier alpha value is -4.50. The zero-order valence-electron chi connectivity index (χ0n) is 18.6. The third-order valence-electron chi connectivity index (χ3n) is 5.08. The molecule has 33 heavy (non-hydrogen) atoms. The van der Waals surface area contributed by atoms with Crippen molar-refractivity contribution in [1.29, 1.82) is 0 Å². The van der Waals surface area contributed by atoms with Gasteiger partial charge in [0.25, 0.3) is 0 Å². The smallest absolute Gasteiger partial charge is 0.248 e. The maximum atomic E-state index is 7.49. The third-order valence-corrected chi connectivity index (χ3v) is 5.08. The minimum Gasteiger partial charge on any atom is -0.497 e. The van der Waals surface area contributed by atoms with Gasteiger partial charge in [-0.15, -0.1) is 0 Å². The van der Waals surface area contributed by atoms with Crippen LogP contribution in [0.15, 0.2) is 83.4 Å². The van der Waals surface area contributed by atoms with Gasteiger partial charge in [-0.1, -0.05) is 12.1 Å². The molecule has 164 valence electrons. The molecule has 0 fully saturated rings. The molecule has 0 spiro atoms. The summed E-state index contributed by atoms with van der Waals surface area (Å²) in [5, 5.41) is 0. The Labute approximate surface area is 193 Å². The number of oxazole rings is 1. The van der Waals surface area contributed by atoms with E-state index < -0.39 is 0 Å². The number of ether oxygens (including phenoxy) is 2. The second kappa shape index (κ2) is 9.75. The summed E-state index contributed by atoms with van der Waals surface area (Å²) in [4.78, 5) is 9.87. The zero-order chi connectivity index (χ0) is 23.2. The van der Waals surface area contributed by atoms with Crippen molar-refractivity contribution in [2.45, 2.75) is 6.92 Å². The van der Waals surface area contributed by atoms with Gasteiger partial charge in [0.1, 0.15) is 17.3 Å². The van der Waals surface area contributed by atoms with E-state index in [4.69, 9.17) is 20.5 Å². The van der Waals surface area contributed by atoms with Crippen molar-refractivity contribution in [3.63, 3.8) is 0 Å². The largest absolute Gasteiger partial charge is 0.497 e. The van der Waals surface area contributed by atoms with E-state index in [1.54, 1.807) is 33.4 Å². The monoisotopic (exact) mass is 437 g/mol. The van der Waals surface area contributed by atoms with Gasteiger partial charge in [-0.2, -0.15) is 0 Å². The molecule has 1 aromatic heterocycles. The van der Waals surface area contributed by atoms with Crippen molar-refractivity contribution in [3.05, 3.63) is 108 Å². The van der Waals surface area contributed by atoms with Gasteiger partial charge in [-0.3, -0.25) is 0 Å². The van der Waals surface area contributed by atoms with Crippen LogP contribution < -0.4 is 14.4 Å². The Morgan fingerprint density at radius 3 is 1.73 bits per heavy atom. The number of hydrogen-bond donors (Lipinski definition) is 0. The number of anilines is 3. The minimum atomic E-state index is 0.324. The fourth-order valence-electron chi connectivity index (χ4n) is 3.40. The third kappa shape index (κ3) is 4.89. The van der Waals surface area contributed by atoms with Crippen LogP contribution in [-0.4, -0.2) is 19.2 Å². The Kier molecular flexibility index (Phi) is 6.42. The van der Waals surface area contributed by atoms with Crippen molar-refractivity contribution in [2.75, 3.05) is 19.1 Å². The number of aryl methyl sites for hydroxylation is 1. The lowest BCUT2D eigenvalue weighted by Gasteiger charge is -2.26. The molecule has 0 aliphatic rings. The molecule has 0 radical (unpaired) electrons. The fraction of sp³-hybridized carbons (Fsp3) is 0.111. The van der Waals surface area contributed by atoms with Crippen LogP contribution in [0, 0.1) is 13.5 Å². The highest BCUT2D eigenvalue weighted by atomic mass is 16.5. The first-order valence-corrected chi connectivity index (χ1v) is 10.3. The van der Waals surface area contributed by atoms with Gasteiger partial charge < -0.3 is 18.8 Å². The van der Waals surface area contributed by atoms with Gasteiger partial charge in [-0.05, 0) is 79.2 Å². The van der Waals surface area contributed by atoms with Gasteiger partial charge in [0.2, 0.25) is 11.6 Å². The first-order valence-electron chi connectivity index (χ1n) is 10.3. The Balaban J connectivity index is 1.70. The summed E-state index contributed by atoms with van der Waals surface area (Å²) in [5.41, 5.74) is 4.18. The van der Waals surface area contributed by atoms with Crippen LogP contribution in [0.3, 0.4) is 0 Å². The van der Waals surface area contributed by atoms with Crippen molar-refractivity contribution in [3.8, 4) is 11.5 Å². The van der Waals surface area contributed by atoms with E-state index in [0.717, 1.165) is 34.1 Å². The lowest BCUT2D eigenvalue weighted by molar-refractivity contribution is 0.415. The topological polar surface area (TPSA) is 52.1 Å². The molecule has 4 rings (SSSR count). The average molecular weight is 437 g/mol. The van der Waals surface area contributed by atoms with Gasteiger partial charge in [-0.25, -0.2) is 9.83 Å². The minimum absolute atomic E-state index is 0.324. The number of benzene rings is 3. The maximum Gasteiger partial charge on any atom is 0.248 e. The molecule has 0 bridgehead atoms. The van der Waals surface area contributed by atoms with Crippen LogP contribution in [0.2, 0.25) is 0 Å². The van der Waals surface area contributed by atoms with E-state index in [9.17, 15) is 0 Å². The van der Waals surface area contributed by atoms with Gasteiger partial charge in [0.05, 0.1) is 27.0 Å². The molecule has 4 aromatic rings. The van der Waals surface area contributed by atoms with Crippen LogP contribution in [0.5, 0.6) is 11.5 Å². The number of nitrogens with zero attached hydrogens (tertiary/aromatic N) is 3. The number of hydrogen-bond acceptors (Lipinski definition) is 5. The van der Waals surface area contributed by atoms with Gasteiger partial charge >= 0.3 is 0 Å². The van der Waals surface area contributed by atoms with Crippen LogP contribution in [0.1, 0.15) is 17.2 Å². The highest BCUT2D eigenvalue weighted by Crippen LogP contribution is 2.36. The predicted octanol–water partition coefficient (Wildman–Crippen LogP) is 6.89. The summed E-state index contributed by atoms with van der Waals surface area (Å²) in [5.74, 6) is 2.58. The molecule has 0 saturated carbocycles. The molecule has 1 heterocycles. The molecule has 0 atom stereocenters. The average Bonchev–Trinajstić information content (AvgIpc) is 3.30. The fourth-order valence-corrected chi connectivity index (χ4v) is 3.40. The lowest BCUT2D eigenvalue weighted by Crippen LogP contribution is -2.09. The molecule has 0 amide bonds. The van der Waals surface area contributed by atoms with Crippen LogP contribution in [0.25, 0.3) is 16.6 Å². The summed E-state index contributed by atoms with van der Waals surface area (Å²) in [7, 11) is 3.30. The molecule has 0 unspecified atom stereocenters. The number of aromatic nitrogens is 1. The van der Waals surface area contributed by atoms with E-state index in [0.29, 0.717) is 17.3 Å². The van der Waals surface area contributed by atoms with Crippen molar-refractivity contribution >= 4 is 28.8 Å². The van der Waals surface area contributed by atoms with E-state index in [1.165, 1.54) is 0 Å². The highest BCUT2D eigenvalue weighted by molar-refractivity contribution is 5.83. The Morgan fingerprint density at radius 1 is 0.848 bits per heavy atom. The first kappa shape index (κ1) is 21.7. The molecule has 0 aliphatic heterocycles. The Morgan fingerprint density at radius 2 is 1.33 bits per heavy atom. The number of methoxy groups -OCH3 is 2. The predicted molar refractivity (Wildman–Crippen MR) is 130 cm³/mol. The molecule has 3 aromatic carbocycles. The van der Waals surface area contributed by atoms with E-state index in [2.05, 4.69) is 14.7 Å². The van der Waals surface area contributed by atoms with Crippen LogP contribution >= 0.6 is 0 Å². The Bertz CT molecular complexity index is 1230. The van der Waals surface area contributed by atoms with Gasteiger partial charge in [0, 0.05) is 17.1 Å². The van der Waals surface area contributed by atoms with Crippen LogP contribution in [-0.2, 0) is 0 Å².